The molecule has 0 saturated heterocycles. The van der Waals surface area contributed by atoms with Gasteiger partial charge in [-0.1, -0.05) is 39.5 Å². The van der Waals surface area contributed by atoms with Gasteiger partial charge < -0.3 is 10.5 Å². The first-order valence-corrected chi connectivity index (χ1v) is 6.49. The molecule has 1 fully saturated rings. The average molecular weight is 213 g/mol. The first-order valence-electron chi connectivity index (χ1n) is 6.49. The lowest BCUT2D eigenvalue weighted by Gasteiger charge is -2.35. The fraction of sp³-hybridized carbons (Fsp3) is 1.00. The lowest BCUT2D eigenvalue weighted by molar-refractivity contribution is -0.0313. The molecule has 1 aliphatic carbocycles. The highest BCUT2D eigenvalue weighted by atomic mass is 16.5. The number of rotatable bonds is 6. The molecular weight excluding hydrogens is 186 g/mol. The molecule has 1 unspecified atom stereocenters. The molecule has 15 heavy (non-hydrogen) atoms. The van der Waals surface area contributed by atoms with E-state index in [0.29, 0.717) is 0 Å². The number of ether oxygens (including phenoxy) is 1. The molecular formula is C13H27NO. The van der Waals surface area contributed by atoms with Gasteiger partial charge in [0.25, 0.3) is 0 Å². The van der Waals surface area contributed by atoms with Crippen LogP contribution in [0, 0.1) is 5.92 Å². The van der Waals surface area contributed by atoms with Crippen molar-refractivity contribution in [2.45, 2.75) is 70.4 Å². The molecule has 0 aromatic rings. The lowest BCUT2D eigenvalue weighted by Crippen LogP contribution is -2.48. The third kappa shape index (κ3) is 2.94. The second-order valence-electron chi connectivity index (χ2n) is 5.00. The summed E-state index contributed by atoms with van der Waals surface area (Å²) < 4.78 is 5.73. The van der Waals surface area contributed by atoms with Crippen LogP contribution in [-0.2, 0) is 4.74 Å². The van der Waals surface area contributed by atoms with Crippen molar-refractivity contribution < 1.29 is 4.74 Å². The van der Waals surface area contributed by atoms with E-state index < -0.39 is 0 Å². The van der Waals surface area contributed by atoms with Crippen molar-refractivity contribution in [1.82, 2.24) is 0 Å². The first-order chi connectivity index (χ1) is 7.18. The fourth-order valence-corrected chi connectivity index (χ4v) is 2.90. The smallest absolute Gasteiger partial charge is 0.0828 e. The minimum absolute atomic E-state index is 0.00257. The van der Waals surface area contributed by atoms with Crippen LogP contribution in [0.3, 0.4) is 0 Å². The summed E-state index contributed by atoms with van der Waals surface area (Å²) in [4.78, 5) is 0. The second kappa shape index (κ2) is 5.86. The van der Waals surface area contributed by atoms with Gasteiger partial charge in [0, 0.05) is 13.2 Å². The van der Waals surface area contributed by atoms with Crippen molar-refractivity contribution >= 4 is 0 Å². The number of nitrogens with two attached hydrogens (primary N) is 1. The summed E-state index contributed by atoms with van der Waals surface area (Å²) in [7, 11) is 1.83. The Bertz CT molecular complexity index is 171. The van der Waals surface area contributed by atoms with E-state index in [0.717, 1.165) is 25.2 Å². The Morgan fingerprint density at radius 2 is 1.73 bits per heavy atom. The topological polar surface area (TPSA) is 35.2 Å². The zero-order valence-electron chi connectivity index (χ0n) is 10.6. The van der Waals surface area contributed by atoms with Crippen molar-refractivity contribution in [2.24, 2.45) is 11.7 Å². The van der Waals surface area contributed by atoms with Crippen molar-refractivity contribution in [2.75, 3.05) is 7.11 Å². The monoisotopic (exact) mass is 213 g/mol. The van der Waals surface area contributed by atoms with Crippen molar-refractivity contribution in [3.63, 3.8) is 0 Å². The maximum atomic E-state index is 6.35. The van der Waals surface area contributed by atoms with Gasteiger partial charge in [-0.15, -0.1) is 0 Å². The summed E-state index contributed by atoms with van der Waals surface area (Å²) in [6.07, 6.45) is 8.49. The van der Waals surface area contributed by atoms with E-state index in [9.17, 15) is 0 Å². The molecule has 2 N–H and O–H groups in total. The summed E-state index contributed by atoms with van der Waals surface area (Å²) in [6, 6.07) is 0.231. The molecule has 1 atom stereocenters. The number of hydrogen-bond donors (Lipinski definition) is 1. The molecule has 0 spiro atoms. The molecule has 1 rings (SSSR count). The van der Waals surface area contributed by atoms with Gasteiger partial charge in [-0.05, 0) is 25.2 Å². The molecule has 0 aromatic carbocycles. The SMILES string of the molecule is CCC(CC)CC(N)C1(OC)CCCC1. The minimum Gasteiger partial charge on any atom is -0.377 e. The van der Waals surface area contributed by atoms with Crippen LogP contribution in [0.5, 0.6) is 0 Å². The van der Waals surface area contributed by atoms with Gasteiger partial charge in [0.15, 0.2) is 0 Å². The van der Waals surface area contributed by atoms with Crippen LogP contribution in [-0.4, -0.2) is 18.8 Å². The van der Waals surface area contributed by atoms with E-state index in [1.165, 1.54) is 25.7 Å². The molecule has 1 saturated carbocycles. The van der Waals surface area contributed by atoms with Crippen LogP contribution in [0.15, 0.2) is 0 Å². The Hall–Kier alpha value is -0.0800. The molecule has 0 radical (unpaired) electrons. The quantitative estimate of drug-likeness (QED) is 0.736. The van der Waals surface area contributed by atoms with Crippen molar-refractivity contribution in [1.29, 1.82) is 0 Å². The summed E-state index contributed by atoms with van der Waals surface area (Å²) in [5.41, 5.74) is 6.35. The molecule has 1 aliphatic rings. The zero-order valence-corrected chi connectivity index (χ0v) is 10.6. The van der Waals surface area contributed by atoms with Gasteiger partial charge in [0.05, 0.1) is 5.60 Å². The second-order valence-corrected chi connectivity index (χ2v) is 5.00. The van der Waals surface area contributed by atoms with E-state index in [-0.39, 0.29) is 11.6 Å². The molecule has 90 valence electrons. The summed E-state index contributed by atoms with van der Waals surface area (Å²) in [5, 5.41) is 0. The first kappa shape index (κ1) is 13.0. The maximum Gasteiger partial charge on any atom is 0.0828 e. The molecule has 2 nitrogen and oxygen atoms in total. The van der Waals surface area contributed by atoms with E-state index in [1.807, 2.05) is 7.11 Å². The summed E-state index contributed by atoms with van der Waals surface area (Å²) >= 11 is 0. The molecule has 0 aliphatic heterocycles. The van der Waals surface area contributed by atoms with Crippen LogP contribution in [0.2, 0.25) is 0 Å². The van der Waals surface area contributed by atoms with Crippen LogP contribution < -0.4 is 5.73 Å². The van der Waals surface area contributed by atoms with Gasteiger partial charge in [0.1, 0.15) is 0 Å². The highest BCUT2D eigenvalue weighted by Gasteiger charge is 2.39. The normalized spacial score (nSPS) is 22.2. The largest absolute Gasteiger partial charge is 0.377 e. The standard InChI is InChI=1S/C13H27NO/c1-4-11(5-2)10-12(14)13(15-3)8-6-7-9-13/h11-12H,4-10,14H2,1-3H3. The Morgan fingerprint density at radius 1 is 1.20 bits per heavy atom. The summed E-state index contributed by atoms with van der Waals surface area (Å²) in [6.45, 7) is 4.52. The zero-order chi connectivity index (χ0) is 11.3. The predicted octanol–water partition coefficient (Wildman–Crippen LogP) is 3.10. The van der Waals surface area contributed by atoms with E-state index in [2.05, 4.69) is 13.8 Å². The minimum atomic E-state index is 0.00257. The van der Waals surface area contributed by atoms with Gasteiger partial charge >= 0.3 is 0 Å². The number of hydrogen-bond acceptors (Lipinski definition) is 2. The average Bonchev–Trinajstić information content (AvgIpc) is 2.75. The molecule has 0 aromatic heterocycles. The van der Waals surface area contributed by atoms with Crippen LogP contribution in [0.25, 0.3) is 0 Å². The molecule has 0 bridgehead atoms. The van der Waals surface area contributed by atoms with Crippen molar-refractivity contribution in [3.05, 3.63) is 0 Å². The Morgan fingerprint density at radius 3 is 2.13 bits per heavy atom. The third-order valence-corrected chi connectivity index (χ3v) is 4.27. The van der Waals surface area contributed by atoms with E-state index >= 15 is 0 Å². The van der Waals surface area contributed by atoms with E-state index in [1.54, 1.807) is 0 Å². The van der Waals surface area contributed by atoms with E-state index in [4.69, 9.17) is 10.5 Å². The van der Waals surface area contributed by atoms with Crippen LogP contribution >= 0.6 is 0 Å². The van der Waals surface area contributed by atoms with Crippen LogP contribution in [0.1, 0.15) is 58.8 Å². The van der Waals surface area contributed by atoms with Crippen LogP contribution in [0.4, 0.5) is 0 Å². The summed E-state index contributed by atoms with van der Waals surface area (Å²) in [5.74, 6) is 0.771. The lowest BCUT2D eigenvalue weighted by atomic mass is 9.84. The van der Waals surface area contributed by atoms with Gasteiger partial charge in [-0.2, -0.15) is 0 Å². The van der Waals surface area contributed by atoms with Gasteiger partial charge in [0.2, 0.25) is 0 Å². The highest BCUT2D eigenvalue weighted by Crippen LogP contribution is 2.37. The predicted molar refractivity (Wildman–Crippen MR) is 64.9 cm³/mol. The van der Waals surface area contributed by atoms with Gasteiger partial charge in [-0.3, -0.25) is 0 Å². The molecule has 0 amide bonds. The Kier molecular flexibility index (Phi) is 5.07. The fourth-order valence-electron chi connectivity index (χ4n) is 2.90. The molecule has 0 heterocycles. The Balaban J connectivity index is 2.53. The molecule has 2 heteroatoms. The van der Waals surface area contributed by atoms with Gasteiger partial charge in [-0.25, -0.2) is 0 Å². The maximum absolute atomic E-state index is 6.35. The third-order valence-electron chi connectivity index (χ3n) is 4.27. The highest BCUT2D eigenvalue weighted by molar-refractivity contribution is 4.95. The Labute approximate surface area is 94.6 Å². The number of methoxy groups -OCH3 is 1. The van der Waals surface area contributed by atoms with Crippen molar-refractivity contribution in [3.8, 4) is 0 Å².